The van der Waals surface area contributed by atoms with E-state index in [1.54, 1.807) is 18.3 Å². The first-order valence-electron chi connectivity index (χ1n) is 11.9. The normalized spacial score (nSPS) is 19.2. The first kappa shape index (κ1) is 21.1. The second-order valence-corrected chi connectivity index (χ2v) is 8.86. The maximum absolute atomic E-state index is 9.96. The zero-order valence-corrected chi connectivity index (χ0v) is 19.6. The van der Waals surface area contributed by atoms with Gasteiger partial charge in [0.05, 0.1) is 51.3 Å². The van der Waals surface area contributed by atoms with Crippen molar-refractivity contribution in [3.05, 3.63) is 143 Å². The molecule has 1 aromatic heterocycles. The monoisotopic (exact) mass is 477 g/mol. The number of phenolic OH excluding ortho intramolecular Hbond substituents is 1. The maximum Gasteiger partial charge on any atom is 0.115 e. The molecule has 5 aliphatic heterocycles. The van der Waals surface area contributed by atoms with Crippen LogP contribution in [0.1, 0.15) is 11.3 Å². The van der Waals surface area contributed by atoms with Gasteiger partial charge in [-0.2, -0.15) is 0 Å². The molecule has 2 aromatic rings. The molecule has 0 fully saturated rings. The standard InChI is InChI=1S/C31H19N5O/c37-26-11-4-19(5-12-26)30-29-13-10-24(35-29)16-22-7-6-20(33-22)15-21-8-9-23(34-21)17-25-18-27(31(30)36-25)28-3-1-2-14-32-28/h1-18,37H. The van der Waals surface area contributed by atoms with Gasteiger partial charge in [0.1, 0.15) is 5.75 Å². The summed E-state index contributed by atoms with van der Waals surface area (Å²) in [4.78, 5) is 24.1. The van der Waals surface area contributed by atoms with Crippen molar-refractivity contribution in [3.63, 3.8) is 0 Å². The van der Waals surface area contributed by atoms with Crippen molar-refractivity contribution in [2.45, 2.75) is 0 Å². The van der Waals surface area contributed by atoms with Crippen LogP contribution in [0.4, 0.5) is 0 Å². The lowest BCUT2D eigenvalue weighted by atomic mass is 9.93. The number of benzene rings is 1. The topological polar surface area (TPSA) is 82.6 Å². The number of aromatic hydroxyl groups is 1. The van der Waals surface area contributed by atoms with Crippen molar-refractivity contribution in [1.82, 2.24) is 4.98 Å². The first-order chi connectivity index (χ1) is 18.2. The summed E-state index contributed by atoms with van der Waals surface area (Å²) in [7, 11) is 0. The lowest BCUT2D eigenvalue weighted by Gasteiger charge is -2.13. The van der Waals surface area contributed by atoms with Gasteiger partial charge in [-0.25, -0.2) is 20.0 Å². The summed E-state index contributed by atoms with van der Waals surface area (Å²) >= 11 is 0. The minimum absolute atomic E-state index is 0.199. The second-order valence-electron chi connectivity index (χ2n) is 8.86. The molecule has 8 bridgehead atoms. The molecule has 7 rings (SSSR count). The van der Waals surface area contributed by atoms with Crippen molar-refractivity contribution >= 4 is 34.0 Å². The Balaban J connectivity index is 1.49. The Morgan fingerprint density at radius 3 is 1.95 bits per heavy atom. The van der Waals surface area contributed by atoms with Crippen molar-refractivity contribution in [3.8, 4) is 5.75 Å². The third-order valence-corrected chi connectivity index (χ3v) is 6.29. The van der Waals surface area contributed by atoms with Gasteiger partial charge in [0.2, 0.25) is 0 Å². The molecule has 0 radical (unpaired) electrons. The number of aromatic nitrogens is 1. The van der Waals surface area contributed by atoms with Crippen LogP contribution in [-0.4, -0.2) is 32.9 Å². The summed E-state index contributed by atoms with van der Waals surface area (Å²) in [6, 6.07) is 13.0. The number of hydrogen-bond acceptors (Lipinski definition) is 6. The van der Waals surface area contributed by atoms with Crippen molar-refractivity contribution < 1.29 is 5.11 Å². The van der Waals surface area contributed by atoms with Crippen molar-refractivity contribution in [2.75, 3.05) is 0 Å². The SMILES string of the molecule is Oc1ccc(C2=C3C=CC(=N3)C=C3C=CC(=N3)C=C3C=CC(=N3)C=C3C=C(c4ccccn4)C2=N3)cc1. The Labute approximate surface area is 213 Å². The van der Waals surface area contributed by atoms with Crippen LogP contribution in [0.2, 0.25) is 0 Å². The number of allylic oxidation sites excluding steroid dienone is 12. The fourth-order valence-corrected chi connectivity index (χ4v) is 4.62. The minimum atomic E-state index is 0.199. The van der Waals surface area contributed by atoms with E-state index in [0.717, 1.165) is 68.0 Å². The van der Waals surface area contributed by atoms with Crippen LogP contribution in [0.5, 0.6) is 5.75 Å². The highest BCUT2D eigenvalue weighted by Gasteiger charge is 2.26. The fraction of sp³-hybridized carbons (Fsp3) is 0. The van der Waals surface area contributed by atoms with E-state index in [9.17, 15) is 5.11 Å². The summed E-state index contributed by atoms with van der Waals surface area (Å²) in [5.74, 6) is 0.199. The summed E-state index contributed by atoms with van der Waals surface area (Å²) < 4.78 is 0. The van der Waals surface area contributed by atoms with Gasteiger partial charge >= 0.3 is 0 Å². The van der Waals surface area contributed by atoms with Crippen LogP contribution < -0.4 is 0 Å². The molecule has 1 aromatic carbocycles. The molecule has 0 saturated heterocycles. The summed E-state index contributed by atoms with van der Waals surface area (Å²) in [6.45, 7) is 0. The molecule has 1 N–H and O–H groups in total. The number of phenols is 1. The largest absolute Gasteiger partial charge is 0.508 e. The zero-order chi connectivity index (χ0) is 24.8. The highest BCUT2D eigenvalue weighted by atomic mass is 16.3. The quantitative estimate of drug-likeness (QED) is 0.599. The maximum atomic E-state index is 9.96. The van der Waals surface area contributed by atoms with Crippen LogP contribution >= 0.6 is 0 Å². The third kappa shape index (κ3) is 4.00. The Morgan fingerprint density at radius 1 is 0.568 bits per heavy atom. The van der Waals surface area contributed by atoms with Crippen molar-refractivity contribution in [2.24, 2.45) is 20.0 Å². The summed E-state index contributed by atoms with van der Waals surface area (Å²) in [5.41, 5.74) is 9.89. The molecule has 0 unspecified atom stereocenters. The lowest BCUT2D eigenvalue weighted by molar-refractivity contribution is 0.475. The van der Waals surface area contributed by atoms with Crippen LogP contribution in [0.3, 0.4) is 0 Å². The second kappa shape index (κ2) is 8.46. The number of nitrogens with zero attached hydrogens (tertiary/aromatic N) is 5. The smallest absolute Gasteiger partial charge is 0.115 e. The van der Waals surface area contributed by atoms with Crippen LogP contribution in [-0.2, 0) is 0 Å². The van der Waals surface area contributed by atoms with Gasteiger partial charge in [0.15, 0.2) is 0 Å². The molecule has 0 amide bonds. The first-order valence-corrected chi connectivity index (χ1v) is 11.9. The number of aliphatic imine (C=N–C) groups is 4. The summed E-state index contributed by atoms with van der Waals surface area (Å²) in [6.07, 6.45) is 21.6. The van der Waals surface area contributed by atoms with Gasteiger partial charge in [-0.05, 0) is 90.6 Å². The van der Waals surface area contributed by atoms with E-state index in [-0.39, 0.29) is 5.75 Å². The molecule has 5 aliphatic rings. The van der Waals surface area contributed by atoms with E-state index >= 15 is 0 Å². The zero-order valence-electron chi connectivity index (χ0n) is 19.6. The van der Waals surface area contributed by atoms with Crippen LogP contribution in [0.15, 0.2) is 152 Å². The highest BCUT2D eigenvalue weighted by molar-refractivity contribution is 6.47. The van der Waals surface area contributed by atoms with E-state index in [4.69, 9.17) is 20.0 Å². The van der Waals surface area contributed by atoms with Crippen LogP contribution in [0, 0.1) is 0 Å². The molecule has 174 valence electrons. The Bertz CT molecular complexity index is 1730. The molecule has 0 saturated carbocycles. The van der Waals surface area contributed by atoms with E-state index < -0.39 is 0 Å². The molecule has 6 nitrogen and oxygen atoms in total. The predicted octanol–water partition coefficient (Wildman–Crippen LogP) is 5.73. The van der Waals surface area contributed by atoms with Crippen LogP contribution in [0.25, 0.3) is 11.1 Å². The fourth-order valence-electron chi connectivity index (χ4n) is 4.62. The van der Waals surface area contributed by atoms with Gasteiger partial charge in [-0.3, -0.25) is 4.98 Å². The van der Waals surface area contributed by atoms with Gasteiger partial charge in [-0.1, -0.05) is 18.2 Å². The molecule has 6 heteroatoms. The lowest BCUT2D eigenvalue weighted by Crippen LogP contribution is -2.06. The number of rotatable bonds is 2. The Hall–Kier alpha value is -5.23. The van der Waals surface area contributed by atoms with Gasteiger partial charge < -0.3 is 5.11 Å². The highest BCUT2D eigenvalue weighted by Crippen LogP contribution is 2.36. The van der Waals surface area contributed by atoms with E-state index in [2.05, 4.69) is 4.98 Å². The minimum Gasteiger partial charge on any atom is -0.508 e. The van der Waals surface area contributed by atoms with Gasteiger partial charge in [0, 0.05) is 17.3 Å². The van der Waals surface area contributed by atoms with Crippen molar-refractivity contribution in [1.29, 1.82) is 0 Å². The van der Waals surface area contributed by atoms with E-state index in [1.807, 2.05) is 91.1 Å². The molecular weight excluding hydrogens is 458 g/mol. The number of fused-ring (bicyclic) bond motifs is 4. The molecule has 37 heavy (non-hydrogen) atoms. The average molecular weight is 478 g/mol. The van der Waals surface area contributed by atoms with E-state index in [1.165, 1.54) is 0 Å². The molecular formula is C31H19N5O. The molecule has 6 heterocycles. The van der Waals surface area contributed by atoms with E-state index in [0.29, 0.717) is 0 Å². The Morgan fingerprint density at radius 2 is 1.24 bits per heavy atom. The summed E-state index contributed by atoms with van der Waals surface area (Å²) in [5, 5.41) is 9.96. The Kier molecular flexibility index (Phi) is 4.82. The molecule has 0 aliphatic carbocycles. The average Bonchev–Trinajstić information content (AvgIpc) is 3.71. The third-order valence-electron chi connectivity index (χ3n) is 6.29. The van der Waals surface area contributed by atoms with Gasteiger partial charge in [0.25, 0.3) is 0 Å². The van der Waals surface area contributed by atoms with Gasteiger partial charge in [-0.15, -0.1) is 0 Å². The molecule has 0 spiro atoms. The number of pyridine rings is 1. The predicted molar refractivity (Wildman–Crippen MR) is 149 cm³/mol. The molecule has 0 atom stereocenters. The number of hydrogen-bond donors (Lipinski definition) is 1.